The van der Waals surface area contributed by atoms with E-state index in [1.54, 1.807) is 18.7 Å². The van der Waals surface area contributed by atoms with Gasteiger partial charge in [0.1, 0.15) is 23.3 Å². The summed E-state index contributed by atoms with van der Waals surface area (Å²) in [6.07, 6.45) is 4.23. The molecule has 31 heavy (non-hydrogen) atoms. The van der Waals surface area contributed by atoms with Gasteiger partial charge in [-0.1, -0.05) is 31.2 Å². The lowest BCUT2D eigenvalue weighted by Gasteiger charge is -2.08. The fraction of sp³-hybridized carbons (Fsp3) is 0.208. The Morgan fingerprint density at radius 3 is 2.65 bits per heavy atom. The molecule has 0 aliphatic carbocycles. The summed E-state index contributed by atoms with van der Waals surface area (Å²) in [6.45, 7) is 1.96. The summed E-state index contributed by atoms with van der Waals surface area (Å²) in [6, 6.07) is 15.3. The van der Waals surface area contributed by atoms with Crippen molar-refractivity contribution < 1.29 is 9.53 Å². The van der Waals surface area contributed by atoms with Crippen molar-refractivity contribution >= 4 is 22.6 Å². The molecule has 0 atom stereocenters. The highest BCUT2D eigenvalue weighted by Crippen LogP contribution is 2.29. The zero-order valence-corrected chi connectivity index (χ0v) is 17.8. The quantitative estimate of drug-likeness (QED) is 0.521. The monoisotopic (exact) mass is 416 g/mol. The van der Waals surface area contributed by atoms with Crippen LogP contribution in [0.4, 0.5) is 5.69 Å². The van der Waals surface area contributed by atoms with Crippen LogP contribution in [0.3, 0.4) is 0 Å². The van der Waals surface area contributed by atoms with Gasteiger partial charge in [0.15, 0.2) is 0 Å². The first-order valence-electron chi connectivity index (χ1n) is 10.1. The number of anilines is 1. The van der Waals surface area contributed by atoms with Gasteiger partial charge in [-0.25, -0.2) is 4.98 Å². The molecule has 0 radical (unpaired) electrons. The Morgan fingerprint density at radius 2 is 1.94 bits per heavy atom. The van der Waals surface area contributed by atoms with Gasteiger partial charge in [0.2, 0.25) is 5.91 Å². The van der Waals surface area contributed by atoms with Crippen molar-refractivity contribution in [2.45, 2.75) is 19.9 Å². The summed E-state index contributed by atoms with van der Waals surface area (Å²) >= 11 is 0. The highest BCUT2D eigenvalue weighted by atomic mass is 16.5. The topological polar surface area (TPSA) is 78.2 Å². The zero-order valence-electron chi connectivity index (χ0n) is 17.8. The number of aryl methyl sites for hydroxylation is 2. The summed E-state index contributed by atoms with van der Waals surface area (Å²) in [5, 5.41) is 2.83. The van der Waals surface area contributed by atoms with Gasteiger partial charge in [0.05, 0.1) is 13.4 Å². The minimum absolute atomic E-state index is 0.114. The largest absolute Gasteiger partial charge is 0.497 e. The van der Waals surface area contributed by atoms with E-state index in [0.29, 0.717) is 16.7 Å². The number of rotatable bonds is 6. The maximum Gasteiger partial charge on any atom is 0.278 e. The molecule has 0 saturated heterocycles. The number of nitrogens with one attached hydrogen (secondary N) is 1. The van der Waals surface area contributed by atoms with Crippen LogP contribution in [0, 0.1) is 0 Å². The minimum atomic E-state index is -0.283. The molecule has 2 aromatic heterocycles. The van der Waals surface area contributed by atoms with Gasteiger partial charge in [0.25, 0.3) is 5.56 Å². The highest BCUT2D eigenvalue weighted by molar-refractivity contribution is 5.93. The van der Waals surface area contributed by atoms with Crippen LogP contribution in [0.5, 0.6) is 5.75 Å². The third kappa shape index (κ3) is 4.07. The molecule has 0 saturated carbocycles. The van der Waals surface area contributed by atoms with Crippen LogP contribution in [0.2, 0.25) is 0 Å². The molecule has 4 aromatic rings. The number of benzene rings is 2. The van der Waals surface area contributed by atoms with Gasteiger partial charge in [-0.15, -0.1) is 0 Å². The molecule has 0 aliphatic rings. The van der Waals surface area contributed by atoms with Crippen molar-refractivity contribution in [1.82, 2.24) is 14.1 Å². The van der Waals surface area contributed by atoms with Crippen LogP contribution in [-0.4, -0.2) is 27.1 Å². The maximum absolute atomic E-state index is 13.1. The van der Waals surface area contributed by atoms with E-state index in [-0.39, 0.29) is 18.0 Å². The number of carbonyl (C=O) groups is 1. The molecule has 0 spiro atoms. The summed E-state index contributed by atoms with van der Waals surface area (Å²) in [5.41, 5.74) is 4.40. The van der Waals surface area contributed by atoms with Gasteiger partial charge < -0.3 is 14.6 Å². The molecule has 0 aliphatic heterocycles. The normalized spacial score (nSPS) is 10.9. The zero-order chi connectivity index (χ0) is 22.0. The van der Waals surface area contributed by atoms with Gasteiger partial charge in [-0.05, 0) is 41.8 Å². The Labute approximate surface area is 179 Å². The van der Waals surface area contributed by atoms with Crippen molar-refractivity contribution in [2.24, 2.45) is 7.05 Å². The Kier molecular flexibility index (Phi) is 5.58. The molecule has 0 bridgehead atoms. The molecule has 7 heteroatoms. The van der Waals surface area contributed by atoms with Crippen LogP contribution in [0.1, 0.15) is 12.5 Å². The SMILES string of the molecule is CCc1ccc(NC(=O)Cn2cnc3c(-c4cccc(OC)c4)cn(C)c3c2=O)cc1. The number of hydrogen-bond donors (Lipinski definition) is 1. The number of aromatic nitrogens is 3. The van der Waals surface area contributed by atoms with Crippen LogP contribution in [0.15, 0.2) is 65.8 Å². The van der Waals surface area contributed by atoms with Crippen molar-refractivity contribution in [3.8, 4) is 16.9 Å². The number of fused-ring (bicyclic) bond motifs is 1. The first-order chi connectivity index (χ1) is 15.0. The summed E-state index contributed by atoms with van der Waals surface area (Å²) in [4.78, 5) is 30.1. The van der Waals surface area contributed by atoms with E-state index in [1.807, 2.05) is 54.7 Å². The van der Waals surface area contributed by atoms with Crippen molar-refractivity contribution in [3.63, 3.8) is 0 Å². The smallest absolute Gasteiger partial charge is 0.278 e. The molecular formula is C24H24N4O3. The number of carbonyl (C=O) groups excluding carboxylic acids is 1. The van der Waals surface area contributed by atoms with E-state index in [0.717, 1.165) is 23.3 Å². The first-order valence-corrected chi connectivity index (χ1v) is 10.1. The van der Waals surface area contributed by atoms with E-state index in [9.17, 15) is 9.59 Å². The summed E-state index contributed by atoms with van der Waals surface area (Å²) < 4.78 is 8.38. The predicted octanol–water partition coefficient (Wildman–Crippen LogP) is 3.61. The highest BCUT2D eigenvalue weighted by Gasteiger charge is 2.16. The Morgan fingerprint density at radius 1 is 1.16 bits per heavy atom. The Balaban J connectivity index is 1.62. The van der Waals surface area contributed by atoms with Gasteiger partial charge in [-0.2, -0.15) is 0 Å². The standard InChI is InChI=1S/C24H24N4O3/c1-4-16-8-10-18(11-9-16)26-21(29)14-28-15-25-22-20(13-27(2)23(22)24(28)30)17-6-5-7-19(12-17)31-3/h5-13,15H,4,14H2,1-3H3,(H,26,29). The predicted molar refractivity (Wildman–Crippen MR) is 121 cm³/mol. The molecule has 1 N–H and O–H groups in total. The molecular weight excluding hydrogens is 392 g/mol. The van der Waals surface area contributed by atoms with Gasteiger partial charge >= 0.3 is 0 Å². The molecule has 158 valence electrons. The third-order valence-corrected chi connectivity index (χ3v) is 5.29. The number of amides is 1. The molecule has 2 aromatic carbocycles. The average molecular weight is 416 g/mol. The number of nitrogens with zero attached hydrogens (tertiary/aromatic N) is 3. The summed E-state index contributed by atoms with van der Waals surface area (Å²) in [5.74, 6) is 0.446. The summed E-state index contributed by atoms with van der Waals surface area (Å²) in [7, 11) is 3.41. The van der Waals surface area contributed by atoms with Gasteiger partial charge in [0, 0.05) is 24.5 Å². The number of ether oxygens (including phenoxy) is 1. The lowest BCUT2D eigenvalue weighted by atomic mass is 10.1. The van der Waals surface area contributed by atoms with E-state index in [1.165, 1.54) is 16.5 Å². The number of hydrogen-bond acceptors (Lipinski definition) is 4. The first kappa shape index (κ1) is 20.4. The number of methoxy groups -OCH3 is 1. The van der Waals surface area contributed by atoms with Crippen LogP contribution < -0.4 is 15.6 Å². The second kappa shape index (κ2) is 8.47. The molecule has 0 fully saturated rings. The second-order valence-electron chi connectivity index (χ2n) is 7.36. The molecule has 7 nitrogen and oxygen atoms in total. The van der Waals surface area contributed by atoms with Gasteiger partial charge in [-0.3, -0.25) is 14.2 Å². The Bertz CT molecular complexity index is 1300. The van der Waals surface area contributed by atoms with Crippen molar-refractivity contribution in [1.29, 1.82) is 0 Å². The van der Waals surface area contributed by atoms with E-state index in [4.69, 9.17) is 4.74 Å². The Hall–Kier alpha value is -3.87. The van der Waals surface area contributed by atoms with Crippen molar-refractivity contribution in [3.05, 3.63) is 77.0 Å². The maximum atomic E-state index is 13.1. The molecule has 0 unspecified atom stereocenters. The van der Waals surface area contributed by atoms with E-state index < -0.39 is 0 Å². The average Bonchev–Trinajstić information content (AvgIpc) is 3.13. The van der Waals surface area contributed by atoms with Crippen molar-refractivity contribution in [2.75, 3.05) is 12.4 Å². The second-order valence-corrected chi connectivity index (χ2v) is 7.36. The molecule has 1 amide bonds. The fourth-order valence-electron chi connectivity index (χ4n) is 3.61. The van der Waals surface area contributed by atoms with Crippen LogP contribution in [0.25, 0.3) is 22.2 Å². The fourth-order valence-corrected chi connectivity index (χ4v) is 3.61. The third-order valence-electron chi connectivity index (χ3n) is 5.29. The van der Waals surface area contributed by atoms with Crippen LogP contribution in [-0.2, 0) is 24.8 Å². The lowest BCUT2D eigenvalue weighted by Crippen LogP contribution is -2.28. The molecule has 4 rings (SSSR count). The lowest BCUT2D eigenvalue weighted by molar-refractivity contribution is -0.116. The minimum Gasteiger partial charge on any atom is -0.497 e. The van der Waals surface area contributed by atoms with Crippen LogP contribution >= 0.6 is 0 Å². The van der Waals surface area contributed by atoms with E-state index >= 15 is 0 Å². The van der Waals surface area contributed by atoms with E-state index in [2.05, 4.69) is 17.2 Å². The molecule has 2 heterocycles.